The zero-order chi connectivity index (χ0) is 45.3. The number of benzene rings is 1. The average molecular weight is 890 g/mol. The molecule has 2 spiro atoms. The molecule has 5 N–H and O–H groups in total. The predicted octanol–water partition coefficient (Wildman–Crippen LogP) is 5.13. The molecule has 0 radical (unpaired) electrons. The molecule has 1 aromatic carbocycles. The van der Waals surface area contributed by atoms with Crippen molar-refractivity contribution in [3.63, 3.8) is 0 Å². The van der Waals surface area contributed by atoms with Crippen molar-refractivity contribution in [3.05, 3.63) is 43.1 Å². The molecular formula is C47H67N7O8S. The number of carbonyl (C=O) groups excluding carboxylic acids is 5. The normalized spacial score (nSPS) is 29.0. The summed E-state index contributed by atoms with van der Waals surface area (Å²) in [6.07, 6.45) is 11.6. The number of piperidine rings is 1. The first-order valence-corrected chi connectivity index (χ1v) is 24.5. The number of fused-ring (bicyclic) bond motifs is 2. The lowest BCUT2D eigenvalue weighted by Crippen LogP contribution is -2.62. The number of nitrogens with zero attached hydrogens (tertiary/aromatic N) is 2. The second-order valence-electron chi connectivity index (χ2n) is 21.2. The van der Waals surface area contributed by atoms with E-state index in [1.165, 1.54) is 12.1 Å². The lowest BCUT2D eigenvalue weighted by atomic mass is 9.73. The minimum atomic E-state index is -4.37. The summed E-state index contributed by atoms with van der Waals surface area (Å²) in [5.74, 6) is -3.02. The molecule has 15 nitrogen and oxygen atoms in total. The number of alkyl carbamates (subject to hydrolysis) is 1. The van der Waals surface area contributed by atoms with Crippen molar-refractivity contribution in [2.45, 2.75) is 146 Å². The van der Waals surface area contributed by atoms with E-state index in [0.717, 1.165) is 64.5 Å². The van der Waals surface area contributed by atoms with Gasteiger partial charge in [0.05, 0.1) is 5.52 Å². The van der Waals surface area contributed by atoms with Gasteiger partial charge in [0.2, 0.25) is 17.7 Å². The van der Waals surface area contributed by atoms with E-state index in [4.69, 9.17) is 4.74 Å². The van der Waals surface area contributed by atoms with Gasteiger partial charge in [0.15, 0.2) is 0 Å². The Kier molecular flexibility index (Phi) is 11.6. The van der Waals surface area contributed by atoms with Crippen molar-refractivity contribution in [1.29, 1.82) is 0 Å². The number of amides is 5. The van der Waals surface area contributed by atoms with Gasteiger partial charge < -0.3 is 35.5 Å². The van der Waals surface area contributed by atoms with E-state index >= 15 is 4.79 Å². The second-order valence-corrected chi connectivity index (χ2v) is 22.9. The van der Waals surface area contributed by atoms with Crippen LogP contribution in [0.3, 0.4) is 0 Å². The number of sulfonamides is 1. The highest BCUT2D eigenvalue weighted by atomic mass is 32.2. The summed E-state index contributed by atoms with van der Waals surface area (Å²) in [4.78, 5) is 79.0. The van der Waals surface area contributed by atoms with Crippen molar-refractivity contribution in [2.24, 2.45) is 33.5 Å². The average Bonchev–Trinajstić information content (AvgIpc) is 3.73. The van der Waals surface area contributed by atoms with Crippen LogP contribution in [0.4, 0.5) is 4.79 Å². The number of nitrogens with one attached hydrogen (secondary N) is 5. The summed E-state index contributed by atoms with van der Waals surface area (Å²) in [5.41, 5.74) is -2.68. The Morgan fingerprint density at radius 3 is 2.24 bits per heavy atom. The largest absolute Gasteiger partial charge is 0.446 e. The van der Waals surface area contributed by atoms with Gasteiger partial charge in [-0.25, -0.2) is 17.9 Å². The number of aromatic amines is 1. The van der Waals surface area contributed by atoms with Gasteiger partial charge >= 0.3 is 6.09 Å². The van der Waals surface area contributed by atoms with Crippen LogP contribution in [0.25, 0.3) is 10.9 Å². The number of likely N-dealkylation sites (tertiary alicyclic amines) is 2. The summed E-state index contributed by atoms with van der Waals surface area (Å²) in [7, 11) is -2.34. The van der Waals surface area contributed by atoms with Gasteiger partial charge in [-0.3, -0.25) is 19.2 Å². The first kappa shape index (κ1) is 45.1. The molecule has 6 atom stereocenters. The lowest BCUT2D eigenvalue weighted by Gasteiger charge is -2.38. The zero-order valence-corrected chi connectivity index (χ0v) is 38.6. The number of H-pyrrole nitrogens is 1. The van der Waals surface area contributed by atoms with E-state index in [0.29, 0.717) is 36.7 Å². The van der Waals surface area contributed by atoms with Crippen LogP contribution in [0.15, 0.2) is 48.0 Å². The molecule has 344 valence electrons. The van der Waals surface area contributed by atoms with E-state index in [9.17, 15) is 27.6 Å². The molecule has 16 heteroatoms. The molecule has 63 heavy (non-hydrogen) atoms. The van der Waals surface area contributed by atoms with Gasteiger partial charge in [0, 0.05) is 42.6 Å². The summed E-state index contributed by atoms with van der Waals surface area (Å²) in [6, 6.07) is 3.50. The molecule has 4 saturated carbocycles. The molecule has 5 amide bonds. The number of ether oxygens (including phenoxy) is 1. The highest BCUT2D eigenvalue weighted by molar-refractivity contribution is 7.90. The molecule has 3 heterocycles. The summed E-state index contributed by atoms with van der Waals surface area (Å²) in [5, 5.41) is 9.62. The van der Waals surface area contributed by atoms with Crippen molar-refractivity contribution >= 4 is 50.6 Å². The van der Waals surface area contributed by atoms with Crippen molar-refractivity contribution < 1.29 is 37.1 Å². The number of aromatic nitrogens is 1. The molecule has 6 fully saturated rings. The van der Waals surface area contributed by atoms with Crippen LogP contribution >= 0.6 is 0 Å². The zero-order valence-electron chi connectivity index (χ0n) is 37.8. The maximum Gasteiger partial charge on any atom is 0.408 e. The van der Waals surface area contributed by atoms with Gasteiger partial charge in [0.1, 0.15) is 34.7 Å². The third-order valence-corrected chi connectivity index (χ3v) is 17.9. The SMILES string of the molecule is C=C[C@@H]1C[C@]1(NC(=O)[C@@H]1C[C@@]2(CN1C(=O)[C@@H](NC(=O)[C@@H](NC(=O)OC1CCN(C)CC1)C1CCCCC1)C(C)(C)C)C(C)(C)C21CCC1)C(=O)NS(=O)(=O)c1cccc2cc[nH]c12. The monoisotopic (exact) mass is 889 g/mol. The summed E-state index contributed by atoms with van der Waals surface area (Å²) < 4.78 is 35.6. The second kappa shape index (κ2) is 16.2. The number of hydrogen-bond acceptors (Lipinski definition) is 9. The molecule has 2 aliphatic heterocycles. The third kappa shape index (κ3) is 7.74. The van der Waals surface area contributed by atoms with Crippen LogP contribution in [0.2, 0.25) is 0 Å². The van der Waals surface area contributed by atoms with Crippen LogP contribution in [0, 0.1) is 33.5 Å². The maximum atomic E-state index is 15.3. The Bertz CT molecular complexity index is 2270. The number of para-hydroxylation sites is 1. The van der Waals surface area contributed by atoms with Crippen LogP contribution in [0.1, 0.15) is 112 Å². The van der Waals surface area contributed by atoms with Crippen LogP contribution < -0.4 is 20.7 Å². The third-order valence-electron chi connectivity index (χ3n) is 16.5. The van der Waals surface area contributed by atoms with E-state index in [1.807, 2.05) is 27.8 Å². The number of hydrogen-bond donors (Lipinski definition) is 5. The Balaban J connectivity index is 1.05. The molecule has 8 rings (SSSR count). The molecular weight excluding hydrogens is 823 g/mol. The summed E-state index contributed by atoms with van der Waals surface area (Å²) in [6.45, 7) is 15.8. The minimum absolute atomic E-state index is 0.0522. The maximum absolute atomic E-state index is 15.3. The fourth-order valence-corrected chi connectivity index (χ4v) is 13.5. The van der Waals surface area contributed by atoms with Gasteiger partial charge in [0.25, 0.3) is 15.9 Å². The molecule has 0 bridgehead atoms. The van der Waals surface area contributed by atoms with Crippen molar-refractivity contribution in [1.82, 2.24) is 35.5 Å². The summed E-state index contributed by atoms with van der Waals surface area (Å²) >= 11 is 0. The molecule has 2 saturated heterocycles. The fraction of sp³-hybridized carbons (Fsp3) is 0.681. The standard InChI is InChI=1S/C47H67N7O8S/c1-8-31-26-47(31,41(58)52-63(60,61)34-17-12-16-30-18-23-48-35(30)34)51-38(55)33-27-46(44(5,6)45(46)21-13-22-45)28-54(33)40(57)37(43(2,3)4)50-39(56)36(29-14-10-9-11-15-29)49-42(59)62-32-19-24-53(7)25-20-32/h8,12,16-18,23,29,31-33,36-37,48H,1,9-11,13-15,19-22,24-28H2,2-7H3,(H,49,59)(H,50,56)(H,51,55)(H,52,58)/t31-,33+,36+,37-,46-,47-/m1/s1. The van der Waals surface area contributed by atoms with E-state index in [1.54, 1.807) is 29.3 Å². The number of rotatable bonds is 12. The van der Waals surface area contributed by atoms with Gasteiger partial charge in [-0.2, -0.15) is 0 Å². The van der Waals surface area contributed by atoms with E-state index in [2.05, 4.69) is 51.0 Å². The first-order chi connectivity index (χ1) is 29.7. The van der Waals surface area contributed by atoms with Crippen LogP contribution in [-0.4, -0.2) is 109 Å². The first-order valence-electron chi connectivity index (χ1n) is 23.0. The number of carbonyl (C=O) groups is 5. The fourth-order valence-electron chi connectivity index (χ4n) is 12.3. The van der Waals surface area contributed by atoms with E-state index < -0.39 is 74.7 Å². The highest BCUT2D eigenvalue weighted by Crippen LogP contribution is 2.88. The molecule has 4 aliphatic carbocycles. The molecule has 1 aromatic heterocycles. The van der Waals surface area contributed by atoms with Gasteiger partial charge in [-0.05, 0) is 92.7 Å². The van der Waals surface area contributed by atoms with Gasteiger partial charge in [-0.15, -0.1) is 6.58 Å². The smallest absolute Gasteiger partial charge is 0.408 e. The lowest BCUT2D eigenvalue weighted by molar-refractivity contribution is -0.145. The van der Waals surface area contributed by atoms with Crippen molar-refractivity contribution in [3.8, 4) is 0 Å². The molecule has 6 aliphatic rings. The van der Waals surface area contributed by atoms with Crippen LogP contribution in [-0.2, 0) is 33.9 Å². The minimum Gasteiger partial charge on any atom is -0.446 e. The Morgan fingerprint density at radius 2 is 1.63 bits per heavy atom. The van der Waals surface area contributed by atoms with E-state index in [-0.39, 0.29) is 39.6 Å². The quantitative estimate of drug-likeness (QED) is 0.179. The van der Waals surface area contributed by atoms with Crippen LogP contribution in [0.5, 0.6) is 0 Å². The van der Waals surface area contributed by atoms with Crippen molar-refractivity contribution in [2.75, 3.05) is 26.7 Å². The van der Waals surface area contributed by atoms with Gasteiger partial charge in [-0.1, -0.05) is 78.5 Å². The Hall–Kier alpha value is -4.44. The predicted molar refractivity (Wildman–Crippen MR) is 237 cm³/mol. The Labute approximate surface area is 371 Å². The topological polar surface area (TPSA) is 199 Å². The highest BCUT2D eigenvalue weighted by Gasteiger charge is 2.85. The molecule has 2 aromatic rings. The molecule has 0 unspecified atom stereocenters. The Morgan fingerprint density at radius 1 is 0.937 bits per heavy atom.